The van der Waals surface area contributed by atoms with Gasteiger partial charge in [0, 0.05) is 30.8 Å². The third-order valence-corrected chi connectivity index (χ3v) is 7.67. The van der Waals surface area contributed by atoms with Gasteiger partial charge in [-0.1, -0.05) is 24.3 Å². The molecule has 0 unspecified atom stereocenters. The Bertz CT molecular complexity index is 2020. The number of rotatable bonds is 13. The van der Waals surface area contributed by atoms with E-state index in [0.29, 0.717) is 16.9 Å². The van der Waals surface area contributed by atoms with Crippen LogP contribution in [0.5, 0.6) is 5.75 Å². The molecule has 5 amide bonds. The molecule has 2 aromatic rings. The monoisotopic (exact) mass is 926 g/mol. The molecule has 366 valence electrons. The number of ether oxygens (including phenoxy) is 7. The van der Waals surface area contributed by atoms with Gasteiger partial charge in [-0.15, -0.1) is 4.99 Å². The van der Waals surface area contributed by atoms with E-state index in [4.69, 9.17) is 44.0 Å². The van der Waals surface area contributed by atoms with Crippen LogP contribution in [0.2, 0.25) is 0 Å². The molecule has 0 aromatic heterocycles. The smallest absolute Gasteiger partial charge is 0.437 e. The number of nitrogens with one attached hydrogen (secondary N) is 4. The summed E-state index contributed by atoms with van der Waals surface area (Å²) in [6, 6.07) is 13.2. The van der Waals surface area contributed by atoms with Crippen molar-refractivity contribution < 1.29 is 57.1 Å². The number of amides is 5. The molecule has 0 aliphatic rings. The van der Waals surface area contributed by atoms with E-state index in [2.05, 4.69) is 15.6 Å². The number of alkyl carbamates (subject to hydrolysis) is 2. The van der Waals surface area contributed by atoms with Crippen molar-refractivity contribution in [3.63, 3.8) is 0 Å². The van der Waals surface area contributed by atoms with Crippen LogP contribution in [0.15, 0.2) is 53.5 Å². The quantitative estimate of drug-likeness (QED) is 0.0636. The molecule has 66 heavy (non-hydrogen) atoms. The maximum Gasteiger partial charge on any atom is 0.437 e. The summed E-state index contributed by atoms with van der Waals surface area (Å²) in [5, 5.41) is 21.3. The first-order valence-electron chi connectivity index (χ1n) is 21.6. The standard InChI is InChI=1S/C47H71N7O12/c1-43(2,3)62-38(55)50-35(48)32-20-18-31(19-21-32)30-60-28-16-26-53(41(58)65-46(10,11)12)37(52-40(57)64-45(7,8)9)54(42(59)66-47(13,14)15)27-17-29-61-34-24-22-33(23-25-34)36(49)51-39(56)63-44(4,5)6/h18-25H,16-17,26-30H2,1-15H3,(H2,48,50,55)(H2,49,51,56)/b52-37+. The van der Waals surface area contributed by atoms with Gasteiger partial charge in [-0.25, -0.2) is 33.8 Å². The second kappa shape index (κ2) is 23.8. The van der Waals surface area contributed by atoms with Crippen molar-refractivity contribution in [2.75, 3.05) is 26.3 Å². The fourth-order valence-electron chi connectivity index (χ4n) is 5.18. The Kier molecular flexibility index (Phi) is 20.2. The van der Waals surface area contributed by atoms with Crippen LogP contribution >= 0.6 is 0 Å². The maximum atomic E-state index is 14.0. The van der Waals surface area contributed by atoms with Crippen LogP contribution in [-0.4, -0.2) is 112 Å². The summed E-state index contributed by atoms with van der Waals surface area (Å²) in [7, 11) is 0. The Morgan fingerprint density at radius 2 is 0.909 bits per heavy atom. The molecular weight excluding hydrogens is 855 g/mol. The third kappa shape index (κ3) is 23.1. The molecule has 0 saturated heterocycles. The second-order valence-electron chi connectivity index (χ2n) is 20.0. The Balaban J connectivity index is 2.34. The molecule has 2 aromatic carbocycles. The molecule has 2 rings (SSSR count). The molecule has 0 atom stereocenters. The van der Waals surface area contributed by atoms with Crippen molar-refractivity contribution in [1.82, 2.24) is 20.4 Å². The van der Waals surface area contributed by atoms with Crippen LogP contribution in [0, 0.1) is 10.8 Å². The van der Waals surface area contributed by atoms with E-state index in [-0.39, 0.29) is 57.4 Å². The van der Waals surface area contributed by atoms with E-state index >= 15 is 0 Å². The van der Waals surface area contributed by atoms with Gasteiger partial charge in [0.15, 0.2) is 0 Å². The predicted molar refractivity (Wildman–Crippen MR) is 249 cm³/mol. The summed E-state index contributed by atoms with van der Waals surface area (Å²) in [4.78, 5) is 72.1. The summed E-state index contributed by atoms with van der Waals surface area (Å²) in [5.74, 6) is -0.263. The van der Waals surface area contributed by atoms with E-state index in [1.165, 1.54) is 0 Å². The van der Waals surface area contributed by atoms with E-state index in [0.717, 1.165) is 15.4 Å². The van der Waals surface area contributed by atoms with Crippen LogP contribution in [-0.2, 0) is 35.0 Å². The zero-order valence-corrected chi connectivity index (χ0v) is 41.3. The van der Waals surface area contributed by atoms with Gasteiger partial charge in [0.25, 0.3) is 0 Å². The fourth-order valence-corrected chi connectivity index (χ4v) is 5.18. The van der Waals surface area contributed by atoms with Gasteiger partial charge in [0.1, 0.15) is 45.4 Å². The highest BCUT2D eigenvalue weighted by Crippen LogP contribution is 2.19. The van der Waals surface area contributed by atoms with Gasteiger partial charge in [-0.3, -0.25) is 21.5 Å². The minimum absolute atomic E-state index is 0.0502. The topological polar surface area (TPSA) is 241 Å². The van der Waals surface area contributed by atoms with Crippen molar-refractivity contribution in [2.24, 2.45) is 4.99 Å². The van der Waals surface area contributed by atoms with Crippen LogP contribution < -0.4 is 15.4 Å². The van der Waals surface area contributed by atoms with Gasteiger partial charge in [0.2, 0.25) is 5.96 Å². The van der Waals surface area contributed by atoms with Crippen LogP contribution in [0.3, 0.4) is 0 Å². The lowest BCUT2D eigenvalue weighted by Crippen LogP contribution is -2.53. The highest BCUT2D eigenvalue weighted by Gasteiger charge is 2.35. The van der Waals surface area contributed by atoms with Crippen LogP contribution in [0.1, 0.15) is 133 Å². The lowest BCUT2D eigenvalue weighted by molar-refractivity contribution is 0.0257. The number of hydrogen-bond donors (Lipinski definition) is 4. The largest absolute Gasteiger partial charge is 0.494 e. The van der Waals surface area contributed by atoms with E-state index in [1.54, 1.807) is 152 Å². The maximum absolute atomic E-state index is 14.0. The fraction of sp³-hybridized carbons (Fsp3) is 0.574. The lowest BCUT2D eigenvalue weighted by atomic mass is 10.1. The van der Waals surface area contributed by atoms with Crippen LogP contribution in [0.4, 0.5) is 24.0 Å². The molecule has 0 fully saturated rings. The van der Waals surface area contributed by atoms with Gasteiger partial charge in [-0.2, -0.15) is 0 Å². The molecule has 0 spiro atoms. The summed E-state index contributed by atoms with van der Waals surface area (Å²) >= 11 is 0. The number of guanidine groups is 1. The first-order valence-corrected chi connectivity index (χ1v) is 21.6. The van der Waals surface area contributed by atoms with E-state index in [9.17, 15) is 24.0 Å². The Labute approximate surface area is 389 Å². The molecule has 0 saturated carbocycles. The molecule has 0 aliphatic carbocycles. The summed E-state index contributed by atoms with van der Waals surface area (Å²) < 4.78 is 39.4. The molecule has 0 radical (unpaired) electrons. The van der Waals surface area contributed by atoms with E-state index < -0.39 is 64.4 Å². The normalized spacial score (nSPS) is 12.3. The molecule has 0 bridgehead atoms. The number of carbonyl (C=O) groups excluding carboxylic acids is 5. The molecule has 19 nitrogen and oxygen atoms in total. The highest BCUT2D eigenvalue weighted by molar-refractivity contribution is 6.06. The van der Waals surface area contributed by atoms with Gasteiger partial charge in [-0.05, 0) is 147 Å². The summed E-state index contributed by atoms with van der Waals surface area (Å²) in [6.45, 7) is 25.4. The minimum Gasteiger partial charge on any atom is -0.494 e. The Hall–Kier alpha value is -6.24. The molecule has 0 heterocycles. The van der Waals surface area contributed by atoms with Crippen LogP contribution in [0.25, 0.3) is 0 Å². The molecule has 0 aliphatic heterocycles. The SMILES string of the molecule is CC(C)(C)OC(=O)/N=C(\N(CCCOCc1ccc(C(=N)NC(=O)OC(C)(C)C)cc1)C(=O)OC(C)(C)C)N(CCCOc1ccc(C(=N)NC(=O)OC(C)(C)C)cc1)C(=O)OC(C)(C)C. The number of hydrogen-bond acceptors (Lipinski definition) is 14. The van der Waals surface area contributed by atoms with Crippen molar-refractivity contribution in [2.45, 2.75) is 151 Å². The van der Waals surface area contributed by atoms with Gasteiger partial charge < -0.3 is 33.2 Å². The minimum atomic E-state index is -1.07. The molecular formula is C47H71N7O12. The average molecular weight is 926 g/mol. The zero-order valence-electron chi connectivity index (χ0n) is 41.3. The van der Waals surface area contributed by atoms with Crippen molar-refractivity contribution in [3.05, 3.63) is 65.2 Å². The zero-order chi connectivity index (χ0) is 50.3. The Morgan fingerprint density at radius 3 is 1.30 bits per heavy atom. The van der Waals surface area contributed by atoms with Gasteiger partial charge >= 0.3 is 30.5 Å². The summed E-state index contributed by atoms with van der Waals surface area (Å²) in [6.07, 6.45) is -4.03. The number of benzene rings is 2. The lowest BCUT2D eigenvalue weighted by Gasteiger charge is -2.34. The average Bonchev–Trinajstić information content (AvgIpc) is 3.12. The molecule has 4 N–H and O–H groups in total. The van der Waals surface area contributed by atoms with Crippen molar-refractivity contribution in [3.8, 4) is 5.75 Å². The number of amidine groups is 2. The number of carbonyl (C=O) groups is 5. The molecule has 19 heteroatoms. The number of aliphatic imine (C=N–C) groups is 1. The third-order valence-electron chi connectivity index (χ3n) is 7.67. The summed E-state index contributed by atoms with van der Waals surface area (Å²) in [5.41, 5.74) is -2.78. The Morgan fingerprint density at radius 1 is 0.530 bits per heavy atom. The van der Waals surface area contributed by atoms with Gasteiger partial charge in [0.05, 0.1) is 13.2 Å². The number of nitrogens with zero attached hydrogens (tertiary/aromatic N) is 3. The predicted octanol–water partition coefficient (Wildman–Crippen LogP) is 9.53. The first kappa shape index (κ1) is 55.9. The van der Waals surface area contributed by atoms with E-state index in [1.807, 2.05) is 0 Å². The second-order valence-corrected chi connectivity index (χ2v) is 20.0. The first-order chi connectivity index (χ1) is 30.2. The van der Waals surface area contributed by atoms with Crippen molar-refractivity contribution in [1.29, 1.82) is 10.8 Å². The highest BCUT2D eigenvalue weighted by atomic mass is 16.6. The van der Waals surface area contributed by atoms with Crippen molar-refractivity contribution >= 4 is 48.1 Å².